The van der Waals surface area contributed by atoms with Gasteiger partial charge in [0.15, 0.2) is 0 Å². The van der Waals surface area contributed by atoms with Gasteiger partial charge in [0.1, 0.15) is 11.3 Å². The number of amides is 1. The molecule has 1 aliphatic heterocycles. The molecular formula is C13H11ClN3O8S+. The molecule has 1 saturated heterocycles. The lowest BCUT2D eigenvalue weighted by Gasteiger charge is -2.41. The summed E-state index contributed by atoms with van der Waals surface area (Å²) in [4.78, 5) is 33.2. The lowest BCUT2D eigenvalue weighted by Crippen LogP contribution is -2.73. The van der Waals surface area contributed by atoms with E-state index in [4.69, 9.17) is 16.3 Å². The monoisotopic (exact) mass is 404 g/mol. The highest BCUT2D eigenvalue weighted by Crippen LogP contribution is 2.44. The normalized spacial score (nSPS) is 31.7. The van der Waals surface area contributed by atoms with E-state index in [0.717, 1.165) is 11.3 Å². The van der Waals surface area contributed by atoms with Crippen molar-refractivity contribution in [3.05, 3.63) is 49.4 Å². The van der Waals surface area contributed by atoms with E-state index < -0.39 is 38.7 Å². The summed E-state index contributed by atoms with van der Waals surface area (Å²) < 4.78 is 3.43. The number of hydrogen-bond donors (Lipinski definition) is 2. The van der Waals surface area contributed by atoms with Gasteiger partial charge in [-0.25, -0.2) is 14.9 Å². The molecule has 1 aliphatic rings. The first kappa shape index (κ1) is 18.6. The van der Waals surface area contributed by atoms with Crippen LogP contribution in [0.1, 0.15) is 4.88 Å². The van der Waals surface area contributed by atoms with Gasteiger partial charge < -0.3 is 14.9 Å². The maximum Gasteiger partial charge on any atom is 0.366 e. The van der Waals surface area contributed by atoms with Crippen LogP contribution in [0, 0.1) is 20.2 Å². The molecule has 13 heteroatoms. The number of alkyl halides is 1. The van der Waals surface area contributed by atoms with Gasteiger partial charge in [0, 0.05) is 6.07 Å². The fourth-order valence-corrected chi connectivity index (χ4v) is 4.24. The minimum absolute atomic E-state index is 0.135. The van der Waals surface area contributed by atoms with Crippen LogP contribution in [0.3, 0.4) is 0 Å². The average molecular weight is 405 g/mol. The van der Waals surface area contributed by atoms with Gasteiger partial charge in [-0.3, -0.25) is 10.1 Å². The summed E-state index contributed by atoms with van der Waals surface area (Å²) in [5.74, 6) is -2.66. The highest BCUT2D eigenvalue weighted by molar-refractivity contribution is 7.19. The lowest BCUT2D eigenvalue weighted by atomic mass is 10.1. The largest absolute Gasteiger partial charge is 0.366 e. The number of carbonyl (C=O) groups is 1. The van der Waals surface area contributed by atoms with Crippen LogP contribution in [0.5, 0.6) is 0 Å². The molecule has 0 bridgehead atoms. The number of benzene rings is 1. The standard InChI is InChI=1S/C13H11ClN3O8S/c14-10-5-25-13(20,12(19)17(10,6-18)16(23)24)9-4-7-2-1-3-8(15(21)22)11(7)26-9/h1-4,6,10,12,19-20H,5H2/q+1. The van der Waals surface area contributed by atoms with E-state index in [1.54, 1.807) is 0 Å². The number of nitrogens with zero attached hydrogens (tertiary/aromatic N) is 3. The molecule has 0 radical (unpaired) electrons. The molecule has 0 spiro atoms. The molecule has 1 fully saturated rings. The van der Waals surface area contributed by atoms with Gasteiger partial charge in [-0.1, -0.05) is 12.1 Å². The number of quaternary nitrogens is 1. The average Bonchev–Trinajstić information content (AvgIpc) is 3.03. The van der Waals surface area contributed by atoms with E-state index in [9.17, 15) is 35.2 Å². The van der Waals surface area contributed by atoms with E-state index >= 15 is 0 Å². The number of ether oxygens (including phenoxy) is 1. The first-order chi connectivity index (χ1) is 12.2. The van der Waals surface area contributed by atoms with Gasteiger partial charge in [-0.2, -0.15) is 0 Å². The summed E-state index contributed by atoms with van der Waals surface area (Å²) >= 11 is 6.52. The van der Waals surface area contributed by atoms with Crippen molar-refractivity contribution in [2.45, 2.75) is 17.5 Å². The Morgan fingerprint density at radius 3 is 2.69 bits per heavy atom. The van der Waals surface area contributed by atoms with Crippen LogP contribution in [0.15, 0.2) is 24.3 Å². The molecule has 4 unspecified atom stereocenters. The molecule has 138 valence electrons. The van der Waals surface area contributed by atoms with Crippen molar-refractivity contribution in [1.82, 2.24) is 0 Å². The molecule has 11 nitrogen and oxygen atoms in total. The number of carbonyl (C=O) groups excluding carboxylic acids is 1. The van der Waals surface area contributed by atoms with Crippen LogP contribution in [-0.2, 0) is 15.3 Å². The van der Waals surface area contributed by atoms with Crippen LogP contribution in [0.25, 0.3) is 10.1 Å². The Morgan fingerprint density at radius 2 is 2.12 bits per heavy atom. The van der Waals surface area contributed by atoms with Gasteiger partial charge in [-0.05, 0) is 23.1 Å². The Kier molecular flexibility index (Phi) is 4.42. The first-order valence-electron chi connectivity index (χ1n) is 7.03. The summed E-state index contributed by atoms with van der Waals surface area (Å²) in [5.41, 5.74) is -1.82. The molecule has 0 aliphatic carbocycles. The highest BCUT2D eigenvalue weighted by atomic mass is 35.5. The van der Waals surface area contributed by atoms with Crippen molar-refractivity contribution in [3.8, 4) is 0 Å². The smallest absolute Gasteiger partial charge is 0.354 e. The molecule has 2 N–H and O–H groups in total. The zero-order valence-corrected chi connectivity index (χ0v) is 14.3. The molecule has 2 heterocycles. The zero-order valence-electron chi connectivity index (χ0n) is 12.7. The van der Waals surface area contributed by atoms with Crippen LogP contribution in [-0.4, -0.2) is 49.5 Å². The number of nitro benzene ring substituents is 1. The predicted octanol–water partition coefficient (Wildman–Crippen LogP) is 1.03. The quantitative estimate of drug-likeness (QED) is 0.191. The Balaban J connectivity index is 2.18. The number of rotatable bonds is 4. The van der Waals surface area contributed by atoms with Gasteiger partial charge >= 0.3 is 12.6 Å². The van der Waals surface area contributed by atoms with Crippen molar-refractivity contribution in [1.29, 1.82) is 0 Å². The molecule has 26 heavy (non-hydrogen) atoms. The predicted molar refractivity (Wildman–Crippen MR) is 87.3 cm³/mol. The summed E-state index contributed by atoms with van der Waals surface area (Å²) in [6.45, 7) is -0.620. The molecule has 0 saturated carbocycles. The van der Waals surface area contributed by atoms with Crippen molar-refractivity contribution < 1.29 is 34.3 Å². The number of thiophene rings is 1. The number of aliphatic hydroxyl groups is 2. The fourth-order valence-electron chi connectivity index (χ4n) is 2.74. The molecule has 1 amide bonds. The van der Waals surface area contributed by atoms with Crippen molar-refractivity contribution in [3.63, 3.8) is 0 Å². The molecule has 2 aromatic rings. The Hall–Kier alpha value is -2.22. The summed E-state index contributed by atoms with van der Waals surface area (Å²) in [6, 6.07) is 5.50. The number of morpholine rings is 1. The van der Waals surface area contributed by atoms with E-state index in [1.807, 2.05) is 0 Å². The molecule has 4 atom stereocenters. The second-order valence-electron chi connectivity index (χ2n) is 5.52. The van der Waals surface area contributed by atoms with Gasteiger partial charge in [0.05, 0.1) is 14.4 Å². The maximum atomic E-state index is 11.4. The Morgan fingerprint density at radius 1 is 1.42 bits per heavy atom. The number of nitro groups is 2. The first-order valence-corrected chi connectivity index (χ1v) is 8.29. The van der Waals surface area contributed by atoms with E-state index in [2.05, 4.69) is 0 Å². The van der Waals surface area contributed by atoms with Gasteiger partial charge in [-0.15, -0.1) is 11.3 Å². The Labute approximate surface area is 153 Å². The van der Waals surface area contributed by atoms with Gasteiger partial charge in [0.25, 0.3) is 17.0 Å². The van der Waals surface area contributed by atoms with Crippen LogP contribution in [0.2, 0.25) is 0 Å². The van der Waals surface area contributed by atoms with Crippen LogP contribution in [0.4, 0.5) is 5.69 Å². The zero-order chi connectivity index (χ0) is 19.3. The number of hydrogen-bond acceptors (Lipinski definition) is 9. The van der Waals surface area contributed by atoms with Crippen molar-refractivity contribution in [2.75, 3.05) is 6.61 Å². The third-order valence-electron chi connectivity index (χ3n) is 4.16. The summed E-state index contributed by atoms with van der Waals surface area (Å²) in [6.07, 6.45) is -2.58. The van der Waals surface area contributed by atoms with Gasteiger partial charge in [0.2, 0.25) is 5.03 Å². The van der Waals surface area contributed by atoms with Crippen molar-refractivity contribution in [2.24, 2.45) is 0 Å². The SMILES string of the molecule is O=C[N+]1([N+](=O)[O-])C(Cl)COC(O)(c2cc3cccc([N+](=O)[O-])c3s2)C1O. The minimum atomic E-state index is -2.66. The third-order valence-corrected chi connectivity index (χ3v) is 5.87. The summed E-state index contributed by atoms with van der Waals surface area (Å²) in [5, 5.41) is 43.0. The maximum absolute atomic E-state index is 11.4. The van der Waals surface area contributed by atoms with E-state index in [0.29, 0.717) is 5.39 Å². The Bertz CT molecular complexity index is 922. The molecule has 3 rings (SSSR count). The highest BCUT2D eigenvalue weighted by Gasteiger charge is 2.69. The number of fused-ring (bicyclic) bond motifs is 1. The van der Waals surface area contributed by atoms with E-state index in [1.165, 1.54) is 24.3 Å². The van der Waals surface area contributed by atoms with Crippen LogP contribution >= 0.6 is 22.9 Å². The molecule has 1 aromatic carbocycles. The van der Waals surface area contributed by atoms with Crippen molar-refractivity contribution >= 4 is 45.1 Å². The third kappa shape index (κ3) is 2.39. The second-order valence-corrected chi connectivity index (χ2v) is 7.07. The minimum Gasteiger partial charge on any atom is -0.354 e. The van der Waals surface area contributed by atoms with Crippen LogP contribution < -0.4 is 0 Å². The molecular weight excluding hydrogens is 394 g/mol. The number of aliphatic hydroxyl groups excluding tert-OH is 1. The summed E-state index contributed by atoms with van der Waals surface area (Å²) in [7, 11) is 0. The van der Waals surface area contributed by atoms with E-state index in [-0.39, 0.29) is 21.7 Å². The topological polar surface area (TPSA) is 153 Å². The second kappa shape index (κ2) is 6.19. The fraction of sp³-hybridized carbons (Fsp3) is 0.308. The molecule has 1 aromatic heterocycles. The number of non-ortho nitro benzene ring substituents is 1. The number of halogens is 1. The lowest BCUT2D eigenvalue weighted by molar-refractivity contribution is -1.31.